The molecule has 1 aromatic rings. The SMILES string of the molecule is O=S1(=O)CCC(NCCn2ccnn2)CC1. The first-order chi connectivity index (χ1) is 7.66. The molecule has 0 aliphatic carbocycles. The Morgan fingerprint density at radius 2 is 2.12 bits per heavy atom. The van der Waals surface area contributed by atoms with Gasteiger partial charge in [-0.05, 0) is 12.8 Å². The molecule has 0 atom stereocenters. The van der Waals surface area contributed by atoms with Crippen LogP contribution in [-0.2, 0) is 16.4 Å². The summed E-state index contributed by atoms with van der Waals surface area (Å²) in [7, 11) is -2.75. The lowest BCUT2D eigenvalue weighted by atomic mass is 10.1. The Kier molecular flexibility index (Phi) is 3.55. The van der Waals surface area contributed by atoms with Crippen LogP contribution in [0.4, 0.5) is 0 Å². The molecule has 1 aromatic heterocycles. The van der Waals surface area contributed by atoms with Crippen molar-refractivity contribution >= 4 is 9.84 Å². The zero-order valence-corrected chi connectivity index (χ0v) is 9.86. The van der Waals surface area contributed by atoms with Crippen LogP contribution in [0.25, 0.3) is 0 Å². The van der Waals surface area contributed by atoms with Gasteiger partial charge in [0.1, 0.15) is 9.84 Å². The number of nitrogens with one attached hydrogen (secondary N) is 1. The molecule has 2 heterocycles. The monoisotopic (exact) mass is 244 g/mol. The van der Waals surface area contributed by atoms with Crippen molar-refractivity contribution in [1.29, 1.82) is 0 Å². The molecule has 1 aliphatic rings. The summed E-state index contributed by atoms with van der Waals surface area (Å²) in [6, 6.07) is 0.326. The van der Waals surface area contributed by atoms with Crippen molar-refractivity contribution in [2.75, 3.05) is 18.1 Å². The zero-order chi connectivity index (χ0) is 11.4. The van der Waals surface area contributed by atoms with Gasteiger partial charge in [0.15, 0.2) is 0 Å². The molecule has 0 amide bonds. The molecular formula is C9H16N4O2S. The van der Waals surface area contributed by atoms with Crippen LogP contribution in [0.1, 0.15) is 12.8 Å². The Hall–Kier alpha value is -0.950. The average molecular weight is 244 g/mol. The van der Waals surface area contributed by atoms with Crippen molar-refractivity contribution in [2.24, 2.45) is 0 Å². The third-order valence-corrected chi connectivity index (χ3v) is 4.52. The number of sulfone groups is 1. The van der Waals surface area contributed by atoms with E-state index in [-0.39, 0.29) is 0 Å². The Labute approximate surface area is 95.0 Å². The molecule has 0 bridgehead atoms. The molecule has 1 N–H and O–H groups in total. The minimum Gasteiger partial charge on any atom is -0.312 e. The van der Waals surface area contributed by atoms with Crippen molar-refractivity contribution < 1.29 is 8.42 Å². The first-order valence-electron chi connectivity index (χ1n) is 5.44. The molecule has 1 saturated heterocycles. The van der Waals surface area contributed by atoms with Gasteiger partial charge in [-0.1, -0.05) is 5.21 Å². The fraction of sp³-hybridized carbons (Fsp3) is 0.778. The summed E-state index contributed by atoms with van der Waals surface area (Å²) >= 11 is 0. The summed E-state index contributed by atoms with van der Waals surface area (Å²) < 4.78 is 24.2. The topological polar surface area (TPSA) is 76.9 Å². The minimum absolute atomic E-state index is 0.313. The van der Waals surface area contributed by atoms with Gasteiger partial charge in [-0.3, -0.25) is 4.68 Å². The molecule has 1 aliphatic heterocycles. The van der Waals surface area contributed by atoms with Crippen LogP contribution >= 0.6 is 0 Å². The molecular weight excluding hydrogens is 228 g/mol. The van der Waals surface area contributed by atoms with E-state index in [0.29, 0.717) is 17.5 Å². The van der Waals surface area contributed by atoms with Crippen LogP contribution in [0.2, 0.25) is 0 Å². The normalized spacial score (nSPS) is 21.0. The smallest absolute Gasteiger partial charge is 0.150 e. The summed E-state index contributed by atoms with van der Waals surface area (Å²) in [4.78, 5) is 0. The summed E-state index contributed by atoms with van der Waals surface area (Å²) in [5.41, 5.74) is 0. The molecule has 0 saturated carbocycles. The second-order valence-electron chi connectivity index (χ2n) is 4.05. The summed E-state index contributed by atoms with van der Waals surface area (Å²) in [6.45, 7) is 1.57. The number of hydrogen-bond acceptors (Lipinski definition) is 5. The number of hydrogen-bond donors (Lipinski definition) is 1. The summed E-state index contributed by atoms with van der Waals surface area (Å²) in [5.74, 6) is 0.627. The third kappa shape index (κ3) is 3.28. The fourth-order valence-electron chi connectivity index (χ4n) is 1.83. The maximum Gasteiger partial charge on any atom is 0.150 e. The highest BCUT2D eigenvalue weighted by atomic mass is 32.2. The van der Waals surface area contributed by atoms with E-state index in [2.05, 4.69) is 15.6 Å². The lowest BCUT2D eigenvalue weighted by molar-refractivity contribution is 0.438. The Morgan fingerprint density at radius 3 is 2.75 bits per heavy atom. The van der Waals surface area contributed by atoms with Crippen LogP contribution in [-0.4, -0.2) is 47.5 Å². The van der Waals surface area contributed by atoms with E-state index in [0.717, 1.165) is 25.9 Å². The average Bonchev–Trinajstić information content (AvgIpc) is 2.73. The van der Waals surface area contributed by atoms with Gasteiger partial charge in [-0.25, -0.2) is 8.42 Å². The van der Waals surface area contributed by atoms with Crippen LogP contribution in [0.5, 0.6) is 0 Å². The lowest BCUT2D eigenvalue weighted by Gasteiger charge is -2.22. The van der Waals surface area contributed by atoms with Gasteiger partial charge in [-0.15, -0.1) is 5.10 Å². The molecule has 0 radical (unpaired) electrons. The van der Waals surface area contributed by atoms with E-state index >= 15 is 0 Å². The van der Waals surface area contributed by atoms with Crippen molar-refractivity contribution in [3.05, 3.63) is 12.4 Å². The van der Waals surface area contributed by atoms with Crippen molar-refractivity contribution in [3.8, 4) is 0 Å². The summed E-state index contributed by atoms with van der Waals surface area (Å²) in [5, 5.41) is 10.9. The van der Waals surface area contributed by atoms with E-state index < -0.39 is 9.84 Å². The molecule has 90 valence electrons. The fourth-order valence-corrected chi connectivity index (χ4v) is 3.32. The number of nitrogens with zero attached hydrogens (tertiary/aromatic N) is 3. The predicted molar refractivity (Wildman–Crippen MR) is 59.7 cm³/mol. The second kappa shape index (κ2) is 4.92. The number of rotatable bonds is 4. The van der Waals surface area contributed by atoms with E-state index in [1.54, 1.807) is 10.9 Å². The molecule has 2 rings (SSSR count). The van der Waals surface area contributed by atoms with Gasteiger partial charge in [0, 0.05) is 18.8 Å². The van der Waals surface area contributed by atoms with Gasteiger partial charge < -0.3 is 5.32 Å². The second-order valence-corrected chi connectivity index (χ2v) is 6.35. The third-order valence-electron chi connectivity index (χ3n) is 2.80. The molecule has 1 fully saturated rings. The lowest BCUT2D eigenvalue weighted by Crippen LogP contribution is -2.38. The first-order valence-corrected chi connectivity index (χ1v) is 7.26. The quantitative estimate of drug-likeness (QED) is 0.768. The first kappa shape index (κ1) is 11.5. The minimum atomic E-state index is -2.75. The van der Waals surface area contributed by atoms with Crippen molar-refractivity contribution in [2.45, 2.75) is 25.4 Å². The standard InChI is InChI=1S/C9H16N4O2S/c14-16(15)7-1-9(2-8-16)10-3-5-13-6-4-11-12-13/h4,6,9-10H,1-3,5,7-8H2. The highest BCUT2D eigenvalue weighted by Gasteiger charge is 2.22. The van der Waals surface area contributed by atoms with E-state index in [9.17, 15) is 8.42 Å². The van der Waals surface area contributed by atoms with Crippen LogP contribution in [0.3, 0.4) is 0 Å². The predicted octanol–water partition coefficient (Wildman–Crippen LogP) is -0.555. The highest BCUT2D eigenvalue weighted by Crippen LogP contribution is 2.11. The van der Waals surface area contributed by atoms with Gasteiger partial charge in [0.05, 0.1) is 24.2 Å². The van der Waals surface area contributed by atoms with Gasteiger partial charge in [0.2, 0.25) is 0 Å². The number of aromatic nitrogens is 3. The van der Waals surface area contributed by atoms with Crippen LogP contribution in [0, 0.1) is 0 Å². The van der Waals surface area contributed by atoms with Crippen LogP contribution in [0.15, 0.2) is 12.4 Å². The summed E-state index contributed by atoms with van der Waals surface area (Å²) in [6.07, 6.45) is 4.90. The maximum absolute atomic E-state index is 11.2. The van der Waals surface area contributed by atoms with E-state index in [1.165, 1.54) is 0 Å². The van der Waals surface area contributed by atoms with E-state index in [1.807, 2.05) is 6.20 Å². The Bertz CT molecular complexity index is 401. The zero-order valence-electron chi connectivity index (χ0n) is 9.04. The highest BCUT2D eigenvalue weighted by molar-refractivity contribution is 7.91. The largest absolute Gasteiger partial charge is 0.312 e. The Balaban J connectivity index is 1.68. The van der Waals surface area contributed by atoms with Gasteiger partial charge >= 0.3 is 0 Å². The van der Waals surface area contributed by atoms with Gasteiger partial charge in [0.25, 0.3) is 0 Å². The van der Waals surface area contributed by atoms with Crippen molar-refractivity contribution in [3.63, 3.8) is 0 Å². The maximum atomic E-state index is 11.2. The molecule has 16 heavy (non-hydrogen) atoms. The van der Waals surface area contributed by atoms with Gasteiger partial charge in [-0.2, -0.15) is 0 Å². The van der Waals surface area contributed by atoms with Crippen LogP contribution < -0.4 is 5.32 Å². The molecule has 0 aromatic carbocycles. The van der Waals surface area contributed by atoms with E-state index in [4.69, 9.17) is 0 Å². The molecule has 6 nitrogen and oxygen atoms in total. The molecule has 0 unspecified atom stereocenters. The Morgan fingerprint density at radius 1 is 1.38 bits per heavy atom. The molecule has 0 spiro atoms. The molecule has 7 heteroatoms. The van der Waals surface area contributed by atoms with Crippen molar-refractivity contribution in [1.82, 2.24) is 20.3 Å².